The minimum atomic E-state index is -1.59. The molecule has 4 aromatic rings. The van der Waals surface area contributed by atoms with Gasteiger partial charge in [0.15, 0.2) is 11.6 Å². The molecule has 2 amide bonds. The standard InChI is InChI=1S/C22H15ClF2N4O3/c23-13-2-1-3-14(24)19(13)29-22(31)18(20(26)30)11-4-5-17(15(25)10-11)32-16-7-9-28-21-12(16)6-8-27-21/h1-10,18H,(H2,26,30)(H,27,28)(H,29,31). The van der Waals surface area contributed by atoms with E-state index < -0.39 is 29.4 Å². The van der Waals surface area contributed by atoms with Gasteiger partial charge >= 0.3 is 0 Å². The zero-order valence-corrected chi connectivity index (χ0v) is 17.0. The van der Waals surface area contributed by atoms with E-state index in [0.29, 0.717) is 16.8 Å². The third-order valence-corrected chi connectivity index (χ3v) is 5.00. The predicted molar refractivity (Wildman–Crippen MR) is 115 cm³/mol. The van der Waals surface area contributed by atoms with Crippen molar-refractivity contribution in [2.45, 2.75) is 5.92 Å². The van der Waals surface area contributed by atoms with Crippen molar-refractivity contribution < 1.29 is 23.1 Å². The quantitative estimate of drug-likeness (QED) is 0.371. The number of benzene rings is 2. The van der Waals surface area contributed by atoms with Gasteiger partial charge in [-0.25, -0.2) is 13.8 Å². The number of hydrogen-bond acceptors (Lipinski definition) is 4. The molecule has 2 aromatic heterocycles. The largest absolute Gasteiger partial charge is 0.453 e. The molecule has 0 saturated heterocycles. The molecule has 7 nitrogen and oxygen atoms in total. The number of amides is 2. The van der Waals surface area contributed by atoms with E-state index in [2.05, 4.69) is 15.3 Å². The van der Waals surface area contributed by atoms with Gasteiger partial charge in [0.2, 0.25) is 11.8 Å². The molecule has 0 spiro atoms. The van der Waals surface area contributed by atoms with E-state index in [4.69, 9.17) is 22.1 Å². The Labute approximate surface area is 185 Å². The number of para-hydroxylation sites is 1. The number of rotatable bonds is 6. The van der Waals surface area contributed by atoms with Crippen LogP contribution in [0.1, 0.15) is 11.5 Å². The summed E-state index contributed by atoms with van der Waals surface area (Å²) in [4.78, 5) is 31.7. The van der Waals surface area contributed by atoms with E-state index >= 15 is 0 Å². The van der Waals surface area contributed by atoms with Crippen molar-refractivity contribution in [1.82, 2.24) is 9.97 Å². The number of nitrogens with zero attached hydrogens (tertiary/aromatic N) is 1. The first-order chi connectivity index (χ1) is 15.3. The highest BCUT2D eigenvalue weighted by Crippen LogP contribution is 2.32. The van der Waals surface area contributed by atoms with Gasteiger partial charge in [-0.05, 0) is 42.0 Å². The Kier molecular flexibility index (Phi) is 5.74. The molecule has 0 saturated carbocycles. The molecule has 2 aromatic carbocycles. The summed E-state index contributed by atoms with van der Waals surface area (Å²) in [6.07, 6.45) is 3.17. The molecule has 10 heteroatoms. The summed E-state index contributed by atoms with van der Waals surface area (Å²) in [5.41, 5.74) is 5.60. The molecule has 0 radical (unpaired) electrons. The van der Waals surface area contributed by atoms with Gasteiger partial charge in [-0.15, -0.1) is 0 Å². The minimum absolute atomic E-state index is 0.0335. The van der Waals surface area contributed by atoms with Crippen LogP contribution in [0.2, 0.25) is 5.02 Å². The molecular formula is C22H15ClF2N4O3. The predicted octanol–water partition coefficient (Wildman–Crippen LogP) is 4.49. The Hall–Kier alpha value is -3.98. The average molecular weight is 457 g/mol. The number of halogens is 3. The number of aromatic amines is 1. The Bertz CT molecular complexity index is 1320. The number of anilines is 1. The molecule has 0 aliphatic heterocycles. The van der Waals surface area contributed by atoms with E-state index in [-0.39, 0.29) is 22.0 Å². The van der Waals surface area contributed by atoms with Gasteiger partial charge in [0, 0.05) is 12.4 Å². The molecule has 0 bridgehead atoms. The maximum Gasteiger partial charge on any atom is 0.241 e. The summed E-state index contributed by atoms with van der Waals surface area (Å²) < 4.78 is 34.4. The molecule has 1 unspecified atom stereocenters. The number of carbonyl (C=O) groups excluding carboxylic acids is 2. The number of hydrogen-bond donors (Lipinski definition) is 3. The van der Waals surface area contributed by atoms with E-state index in [1.54, 1.807) is 18.3 Å². The fourth-order valence-electron chi connectivity index (χ4n) is 3.18. The summed E-state index contributed by atoms with van der Waals surface area (Å²) in [6, 6.07) is 10.7. The molecule has 0 aliphatic rings. The van der Waals surface area contributed by atoms with Crippen LogP contribution in [0.15, 0.2) is 60.9 Å². The fraction of sp³-hybridized carbons (Fsp3) is 0.0455. The van der Waals surface area contributed by atoms with Crippen LogP contribution >= 0.6 is 11.6 Å². The SMILES string of the molecule is NC(=O)C(C(=O)Nc1c(F)cccc1Cl)c1ccc(Oc2ccnc3[nH]ccc23)c(F)c1. The van der Waals surface area contributed by atoms with Gasteiger partial charge in [-0.2, -0.15) is 0 Å². The lowest BCUT2D eigenvalue weighted by atomic mass is 9.97. The minimum Gasteiger partial charge on any atom is -0.453 e. The maximum absolute atomic E-state index is 14.8. The number of aromatic nitrogens is 2. The molecule has 0 fully saturated rings. The first-order valence-corrected chi connectivity index (χ1v) is 9.66. The van der Waals surface area contributed by atoms with E-state index in [1.165, 1.54) is 30.5 Å². The number of ether oxygens (including phenoxy) is 1. The number of carbonyl (C=O) groups is 2. The Morgan fingerprint density at radius 3 is 2.62 bits per heavy atom. The van der Waals surface area contributed by atoms with Crippen molar-refractivity contribution in [2.24, 2.45) is 5.73 Å². The summed E-state index contributed by atoms with van der Waals surface area (Å²) in [5.74, 6) is -4.99. The smallest absolute Gasteiger partial charge is 0.241 e. The van der Waals surface area contributed by atoms with Crippen LogP contribution < -0.4 is 15.8 Å². The molecule has 4 N–H and O–H groups in total. The van der Waals surface area contributed by atoms with Crippen LogP contribution in [0.3, 0.4) is 0 Å². The topological polar surface area (TPSA) is 110 Å². The number of pyridine rings is 1. The summed E-state index contributed by atoms with van der Waals surface area (Å²) >= 11 is 5.91. The number of H-pyrrole nitrogens is 1. The second-order valence-electron chi connectivity index (χ2n) is 6.76. The molecule has 2 heterocycles. The van der Waals surface area contributed by atoms with E-state index in [9.17, 15) is 18.4 Å². The first kappa shape index (κ1) is 21.3. The number of nitrogens with one attached hydrogen (secondary N) is 2. The van der Waals surface area contributed by atoms with Crippen molar-refractivity contribution in [1.29, 1.82) is 0 Å². The third kappa shape index (κ3) is 4.10. The highest BCUT2D eigenvalue weighted by Gasteiger charge is 2.29. The van der Waals surface area contributed by atoms with Crippen molar-refractivity contribution in [2.75, 3.05) is 5.32 Å². The van der Waals surface area contributed by atoms with Crippen LogP contribution in [-0.4, -0.2) is 21.8 Å². The molecule has 4 rings (SSSR count). The highest BCUT2D eigenvalue weighted by molar-refractivity contribution is 6.34. The van der Waals surface area contributed by atoms with Gasteiger partial charge in [0.25, 0.3) is 0 Å². The lowest BCUT2D eigenvalue weighted by Gasteiger charge is -2.16. The molecule has 32 heavy (non-hydrogen) atoms. The normalized spacial score (nSPS) is 11.8. The van der Waals surface area contributed by atoms with Crippen LogP contribution in [-0.2, 0) is 9.59 Å². The van der Waals surface area contributed by atoms with Gasteiger partial charge in [-0.1, -0.05) is 23.7 Å². The second-order valence-corrected chi connectivity index (χ2v) is 7.17. The van der Waals surface area contributed by atoms with Crippen molar-refractivity contribution >= 4 is 40.1 Å². The number of primary amides is 1. The lowest BCUT2D eigenvalue weighted by molar-refractivity contribution is -0.127. The average Bonchev–Trinajstić information content (AvgIpc) is 3.22. The Morgan fingerprint density at radius 2 is 1.91 bits per heavy atom. The van der Waals surface area contributed by atoms with E-state index in [1.807, 2.05) is 0 Å². The van der Waals surface area contributed by atoms with Crippen molar-refractivity contribution in [3.05, 3.63) is 83.1 Å². The molecule has 1 atom stereocenters. The summed E-state index contributed by atoms with van der Waals surface area (Å²) in [6.45, 7) is 0. The zero-order chi connectivity index (χ0) is 22.8. The summed E-state index contributed by atoms with van der Waals surface area (Å²) in [5, 5.41) is 2.82. The lowest BCUT2D eigenvalue weighted by Crippen LogP contribution is -2.33. The first-order valence-electron chi connectivity index (χ1n) is 9.28. The summed E-state index contributed by atoms with van der Waals surface area (Å²) in [7, 11) is 0. The molecule has 0 aliphatic carbocycles. The Morgan fingerprint density at radius 1 is 1.09 bits per heavy atom. The Balaban J connectivity index is 1.61. The van der Waals surface area contributed by atoms with Gasteiger partial charge in [-0.3, -0.25) is 9.59 Å². The maximum atomic E-state index is 14.8. The van der Waals surface area contributed by atoms with Gasteiger partial charge in [0.05, 0.1) is 16.1 Å². The molecule has 162 valence electrons. The number of nitrogens with two attached hydrogens (primary N) is 1. The second kappa shape index (κ2) is 8.64. The van der Waals surface area contributed by atoms with E-state index in [0.717, 1.165) is 12.1 Å². The van der Waals surface area contributed by atoms with Gasteiger partial charge < -0.3 is 20.8 Å². The number of fused-ring (bicyclic) bond motifs is 1. The molecular weight excluding hydrogens is 442 g/mol. The third-order valence-electron chi connectivity index (χ3n) is 4.69. The van der Waals surface area contributed by atoms with Gasteiger partial charge in [0.1, 0.15) is 23.1 Å². The van der Waals surface area contributed by atoms with Crippen LogP contribution in [0, 0.1) is 11.6 Å². The monoisotopic (exact) mass is 456 g/mol. The fourth-order valence-corrected chi connectivity index (χ4v) is 3.39. The van der Waals surface area contributed by atoms with Crippen LogP contribution in [0.4, 0.5) is 14.5 Å². The van der Waals surface area contributed by atoms with Crippen LogP contribution in [0.25, 0.3) is 11.0 Å². The highest BCUT2D eigenvalue weighted by atomic mass is 35.5. The van der Waals surface area contributed by atoms with Crippen LogP contribution in [0.5, 0.6) is 11.5 Å². The van der Waals surface area contributed by atoms with Crippen molar-refractivity contribution in [3.8, 4) is 11.5 Å². The zero-order valence-electron chi connectivity index (χ0n) is 16.2. The van der Waals surface area contributed by atoms with Crippen molar-refractivity contribution in [3.63, 3.8) is 0 Å².